The molecule has 1 amide bonds. The van der Waals surface area contributed by atoms with Crippen molar-refractivity contribution < 1.29 is 9.53 Å². The minimum absolute atomic E-state index is 0.306. The molecule has 0 unspecified atom stereocenters. The first-order valence-electron chi connectivity index (χ1n) is 7.66. The molecule has 0 spiro atoms. The summed E-state index contributed by atoms with van der Waals surface area (Å²) in [7, 11) is 0. The van der Waals surface area contributed by atoms with Gasteiger partial charge in [-0.25, -0.2) is 0 Å². The Morgan fingerprint density at radius 2 is 2.08 bits per heavy atom. The Morgan fingerprint density at radius 1 is 1.32 bits per heavy atom. The van der Waals surface area contributed by atoms with Crippen LogP contribution in [0.5, 0.6) is 5.75 Å². The first-order valence-corrected chi connectivity index (χ1v) is 9.27. The molecule has 0 saturated carbocycles. The lowest BCUT2D eigenvalue weighted by molar-refractivity contribution is 0.0998. The summed E-state index contributed by atoms with van der Waals surface area (Å²) in [5.74, 6) is 3.05. The number of fused-ring (bicyclic) bond motifs is 1. The van der Waals surface area contributed by atoms with Crippen molar-refractivity contribution in [2.75, 3.05) is 6.61 Å². The van der Waals surface area contributed by atoms with Crippen molar-refractivity contribution in [3.63, 3.8) is 0 Å². The maximum Gasteiger partial charge on any atom is 0.279 e. The van der Waals surface area contributed by atoms with Gasteiger partial charge in [-0.05, 0) is 49.4 Å². The standard InChI is InChI=1S/C19H15BrN2O2S/c1-3-11-22-16-10-7-14(20)12-17(16)25-19(22)21-18(23)13-5-8-15(9-6-13)24-4-2/h1,5-10,12H,4,11H2,2H3. The van der Waals surface area contributed by atoms with E-state index in [-0.39, 0.29) is 5.91 Å². The molecule has 4 nitrogen and oxygen atoms in total. The van der Waals surface area contributed by atoms with E-state index in [0.717, 1.165) is 20.4 Å². The minimum atomic E-state index is -0.306. The molecule has 1 heterocycles. The Hall–Kier alpha value is -2.36. The molecule has 3 aromatic rings. The van der Waals surface area contributed by atoms with Gasteiger partial charge in [0.05, 0.1) is 23.4 Å². The lowest BCUT2D eigenvalue weighted by atomic mass is 10.2. The Labute approximate surface area is 157 Å². The first kappa shape index (κ1) is 17.5. The van der Waals surface area contributed by atoms with E-state index < -0.39 is 0 Å². The molecule has 0 aliphatic rings. The van der Waals surface area contributed by atoms with E-state index in [1.54, 1.807) is 24.3 Å². The molecular weight excluding hydrogens is 400 g/mol. The summed E-state index contributed by atoms with van der Waals surface area (Å²) in [5, 5.41) is 0. The largest absolute Gasteiger partial charge is 0.494 e. The number of amides is 1. The van der Waals surface area contributed by atoms with Gasteiger partial charge >= 0.3 is 0 Å². The average molecular weight is 415 g/mol. The molecule has 0 saturated heterocycles. The van der Waals surface area contributed by atoms with Crippen molar-refractivity contribution >= 4 is 43.4 Å². The normalized spacial score (nSPS) is 11.5. The molecule has 25 heavy (non-hydrogen) atoms. The maximum atomic E-state index is 12.5. The van der Waals surface area contributed by atoms with Gasteiger partial charge in [0.15, 0.2) is 4.80 Å². The predicted octanol–water partition coefficient (Wildman–Crippen LogP) is 4.24. The average Bonchev–Trinajstić information content (AvgIpc) is 2.92. The number of thiazole rings is 1. The maximum absolute atomic E-state index is 12.5. The third-order valence-corrected chi connectivity index (χ3v) is 5.04. The van der Waals surface area contributed by atoms with E-state index in [1.807, 2.05) is 29.7 Å². The number of carbonyl (C=O) groups is 1. The van der Waals surface area contributed by atoms with E-state index in [1.165, 1.54) is 11.3 Å². The van der Waals surface area contributed by atoms with Crippen LogP contribution in [0.1, 0.15) is 17.3 Å². The van der Waals surface area contributed by atoms with Gasteiger partial charge in [0.25, 0.3) is 5.91 Å². The summed E-state index contributed by atoms with van der Waals surface area (Å²) < 4.78 is 9.25. The van der Waals surface area contributed by atoms with Gasteiger partial charge in [-0.2, -0.15) is 4.99 Å². The molecule has 6 heteroatoms. The summed E-state index contributed by atoms with van der Waals surface area (Å²) in [6.07, 6.45) is 5.48. The van der Waals surface area contributed by atoms with E-state index in [0.29, 0.717) is 23.5 Å². The monoisotopic (exact) mass is 414 g/mol. The predicted molar refractivity (Wildman–Crippen MR) is 104 cm³/mol. The zero-order chi connectivity index (χ0) is 17.8. The number of aromatic nitrogens is 1. The molecule has 2 aromatic carbocycles. The fourth-order valence-electron chi connectivity index (χ4n) is 2.39. The fourth-order valence-corrected chi connectivity index (χ4v) is 3.97. The van der Waals surface area contributed by atoms with Crippen LogP contribution in [-0.2, 0) is 6.54 Å². The molecule has 0 aliphatic heterocycles. The number of benzene rings is 2. The molecule has 0 fully saturated rings. The van der Waals surface area contributed by atoms with Gasteiger partial charge in [-0.15, -0.1) is 6.42 Å². The van der Waals surface area contributed by atoms with Crippen molar-refractivity contribution in [2.24, 2.45) is 4.99 Å². The summed E-state index contributed by atoms with van der Waals surface area (Å²) in [4.78, 5) is 17.4. The van der Waals surface area contributed by atoms with Gasteiger partial charge in [0.2, 0.25) is 0 Å². The Balaban J connectivity index is 2.03. The molecule has 0 N–H and O–H groups in total. The minimum Gasteiger partial charge on any atom is -0.494 e. The van der Waals surface area contributed by atoms with Crippen LogP contribution < -0.4 is 9.54 Å². The van der Waals surface area contributed by atoms with Gasteiger partial charge in [-0.1, -0.05) is 33.2 Å². The van der Waals surface area contributed by atoms with Crippen LogP contribution >= 0.6 is 27.3 Å². The van der Waals surface area contributed by atoms with Crippen LogP contribution in [0.15, 0.2) is 51.9 Å². The summed E-state index contributed by atoms with van der Waals surface area (Å²) in [5.41, 5.74) is 1.47. The SMILES string of the molecule is C#CCn1c(=NC(=O)c2ccc(OCC)cc2)sc2cc(Br)ccc21. The van der Waals surface area contributed by atoms with Crippen LogP contribution in [0.3, 0.4) is 0 Å². The third-order valence-electron chi connectivity index (χ3n) is 3.50. The third kappa shape index (κ3) is 3.84. The molecule has 0 atom stereocenters. The van der Waals surface area contributed by atoms with Crippen molar-refractivity contribution in [3.8, 4) is 18.1 Å². The Bertz CT molecular complexity index is 1030. The van der Waals surface area contributed by atoms with E-state index >= 15 is 0 Å². The molecule has 126 valence electrons. The number of hydrogen-bond donors (Lipinski definition) is 0. The van der Waals surface area contributed by atoms with Gasteiger partial charge < -0.3 is 9.30 Å². The molecule has 3 rings (SSSR count). The van der Waals surface area contributed by atoms with Crippen LogP contribution in [0.2, 0.25) is 0 Å². The zero-order valence-corrected chi connectivity index (χ0v) is 15.9. The molecule has 1 aromatic heterocycles. The highest BCUT2D eigenvalue weighted by Crippen LogP contribution is 2.22. The van der Waals surface area contributed by atoms with Crippen molar-refractivity contribution in [1.29, 1.82) is 0 Å². The molecule has 0 bridgehead atoms. The van der Waals surface area contributed by atoms with Crippen molar-refractivity contribution in [3.05, 3.63) is 57.3 Å². The second-order valence-electron chi connectivity index (χ2n) is 5.16. The number of nitrogens with zero attached hydrogens (tertiary/aromatic N) is 2. The molecular formula is C19H15BrN2O2S. The quantitative estimate of drug-likeness (QED) is 0.599. The second-order valence-corrected chi connectivity index (χ2v) is 7.09. The van der Waals surface area contributed by atoms with Crippen LogP contribution in [0.25, 0.3) is 10.2 Å². The fraction of sp³-hybridized carbons (Fsp3) is 0.158. The second kappa shape index (κ2) is 7.68. The van der Waals surface area contributed by atoms with Crippen LogP contribution in [0.4, 0.5) is 0 Å². The van der Waals surface area contributed by atoms with Crippen LogP contribution in [0, 0.1) is 12.3 Å². The Kier molecular flexibility index (Phi) is 5.37. The number of terminal acetylenes is 1. The van der Waals surface area contributed by atoms with Gasteiger partial charge in [0, 0.05) is 10.0 Å². The van der Waals surface area contributed by atoms with E-state index in [4.69, 9.17) is 11.2 Å². The number of hydrogen-bond acceptors (Lipinski definition) is 3. The van der Waals surface area contributed by atoms with Crippen molar-refractivity contribution in [2.45, 2.75) is 13.5 Å². The molecule has 0 aliphatic carbocycles. The number of ether oxygens (including phenoxy) is 1. The number of halogens is 1. The first-order chi connectivity index (χ1) is 12.1. The number of rotatable bonds is 4. The van der Waals surface area contributed by atoms with Gasteiger partial charge in [0.1, 0.15) is 5.75 Å². The van der Waals surface area contributed by atoms with E-state index in [2.05, 4.69) is 26.8 Å². The highest BCUT2D eigenvalue weighted by Gasteiger charge is 2.09. The number of carbonyl (C=O) groups excluding carboxylic acids is 1. The van der Waals surface area contributed by atoms with Crippen LogP contribution in [-0.4, -0.2) is 17.1 Å². The van der Waals surface area contributed by atoms with E-state index in [9.17, 15) is 4.79 Å². The van der Waals surface area contributed by atoms with Gasteiger partial charge in [-0.3, -0.25) is 4.79 Å². The summed E-state index contributed by atoms with van der Waals surface area (Å²) in [6.45, 7) is 2.86. The smallest absolute Gasteiger partial charge is 0.279 e. The molecule has 0 radical (unpaired) electrons. The Morgan fingerprint density at radius 3 is 2.76 bits per heavy atom. The summed E-state index contributed by atoms with van der Waals surface area (Å²) in [6, 6.07) is 12.9. The zero-order valence-electron chi connectivity index (χ0n) is 13.5. The lowest BCUT2D eigenvalue weighted by Crippen LogP contribution is -2.16. The highest BCUT2D eigenvalue weighted by molar-refractivity contribution is 9.10. The highest BCUT2D eigenvalue weighted by atomic mass is 79.9. The topological polar surface area (TPSA) is 43.6 Å². The summed E-state index contributed by atoms with van der Waals surface area (Å²) >= 11 is 4.90. The lowest BCUT2D eigenvalue weighted by Gasteiger charge is -2.03. The van der Waals surface area contributed by atoms with Crippen molar-refractivity contribution in [1.82, 2.24) is 4.57 Å².